The summed E-state index contributed by atoms with van der Waals surface area (Å²) in [6.45, 7) is 3.95. The van der Waals surface area contributed by atoms with Crippen LogP contribution in [0, 0.1) is 0 Å². The minimum absolute atomic E-state index is 0.106. The number of carbonyl (C=O) groups excluding carboxylic acids is 3. The number of ether oxygens (including phenoxy) is 5. The second-order valence-electron chi connectivity index (χ2n) is 11.3. The maximum Gasteiger partial charge on any atom is 0.407 e. The standard InChI is InChI=1S/C34H38N2O8/c1-34(2)43-29(30(44-34)31(37)40-3)28(18-11-19-35-32(38)41-20-22-12-5-4-6-13-22)36-33(39)42-21-27-25-16-9-7-14-23(25)24-15-8-10-17-26(24)27/h4-10,12-17,27-30H,11,18-21H2,1-3H3,(H,35,38)(H,36,39)/t28-,29+,30+/m0/s1. The van der Waals surface area contributed by atoms with Gasteiger partial charge in [-0.3, -0.25) is 0 Å². The number of carbonyl (C=O) groups is 3. The minimum Gasteiger partial charge on any atom is -0.467 e. The highest BCUT2D eigenvalue weighted by Gasteiger charge is 2.49. The van der Waals surface area contributed by atoms with Crippen molar-refractivity contribution in [1.82, 2.24) is 10.6 Å². The van der Waals surface area contributed by atoms with Crippen LogP contribution < -0.4 is 10.6 Å². The van der Waals surface area contributed by atoms with Crippen LogP contribution in [0.15, 0.2) is 78.9 Å². The third-order valence-corrected chi connectivity index (χ3v) is 7.78. The maximum absolute atomic E-state index is 13.2. The Balaban J connectivity index is 1.21. The van der Waals surface area contributed by atoms with Gasteiger partial charge in [0.15, 0.2) is 11.9 Å². The molecule has 0 bridgehead atoms. The van der Waals surface area contributed by atoms with Crippen molar-refractivity contribution in [3.05, 3.63) is 95.6 Å². The Labute approximate surface area is 257 Å². The van der Waals surface area contributed by atoms with Gasteiger partial charge in [0.2, 0.25) is 0 Å². The van der Waals surface area contributed by atoms with E-state index in [1.54, 1.807) is 13.8 Å². The summed E-state index contributed by atoms with van der Waals surface area (Å²) in [5.74, 6) is -1.79. The molecule has 1 fully saturated rings. The van der Waals surface area contributed by atoms with Gasteiger partial charge in [-0.15, -0.1) is 0 Å². The summed E-state index contributed by atoms with van der Waals surface area (Å²) in [5.41, 5.74) is 5.34. The van der Waals surface area contributed by atoms with Gasteiger partial charge < -0.3 is 34.3 Å². The Hall–Kier alpha value is -4.41. The smallest absolute Gasteiger partial charge is 0.407 e. The highest BCUT2D eigenvalue weighted by molar-refractivity contribution is 5.79. The fourth-order valence-electron chi connectivity index (χ4n) is 5.78. The van der Waals surface area contributed by atoms with E-state index in [0.717, 1.165) is 27.8 Å². The average Bonchev–Trinajstić information content (AvgIpc) is 3.54. The molecule has 1 saturated heterocycles. The lowest BCUT2D eigenvalue weighted by molar-refractivity contribution is -0.168. The Morgan fingerprint density at radius 2 is 1.48 bits per heavy atom. The van der Waals surface area contributed by atoms with Crippen molar-refractivity contribution in [2.24, 2.45) is 0 Å². The number of hydrogen-bond acceptors (Lipinski definition) is 8. The van der Waals surface area contributed by atoms with Crippen LogP contribution in [0.1, 0.15) is 49.3 Å². The van der Waals surface area contributed by atoms with Gasteiger partial charge in [0.05, 0.1) is 13.2 Å². The first-order chi connectivity index (χ1) is 21.3. The first kappa shape index (κ1) is 31.0. The maximum atomic E-state index is 13.2. The fraction of sp³-hybridized carbons (Fsp3) is 0.382. The zero-order valence-electron chi connectivity index (χ0n) is 25.1. The molecule has 1 heterocycles. The molecule has 2 aliphatic rings. The molecule has 3 aromatic carbocycles. The molecule has 5 rings (SSSR count). The molecule has 10 nitrogen and oxygen atoms in total. The lowest BCUT2D eigenvalue weighted by atomic mass is 9.98. The lowest BCUT2D eigenvalue weighted by Crippen LogP contribution is -2.50. The average molecular weight is 603 g/mol. The van der Waals surface area contributed by atoms with Crippen LogP contribution >= 0.6 is 0 Å². The highest BCUT2D eigenvalue weighted by Crippen LogP contribution is 2.44. The van der Waals surface area contributed by atoms with Crippen LogP contribution in [-0.4, -0.2) is 62.5 Å². The molecule has 1 aliphatic carbocycles. The topological polar surface area (TPSA) is 121 Å². The fourth-order valence-corrected chi connectivity index (χ4v) is 5.78. The third-order valence-electron chi connectivity index (χ3n) is 7.78. The Morgan fingerprint density at radius 3 is 2.14 bits per heavy atom. The quantitative estimate of drug-likeness (QED) is 0.173. The molecule has 3 atom stereocenters. The van der Waals surface area contributed by atoms with E-state index < -0.39 is 42.2 Å². The molecule has 0 aromatic heterocycles. The largest absolute Gasteiger partial charge is 0.467 e. The van der Waals surface area contributed by atoms with Crippen molar-refractivity contribution in [1.29, 1.82) is 0 Å². The molecule has 10 heteroatoms. The van der Waals surface area contributed by atoms with Crippen molar-refractivity contribution in [3.8, 4) is 11.1 Å². The normalized spacial score (nSPS) is 18.9. The number of esters is 1. The van der Waals surface area contributed by atoms with Crippen LogP contribution in [0.25, 0.3) is 11.1 Å². The van der Waals surface area contributed by atoms with Gasteiger partial charge >= 0.3 is 18.2 Å². The second-order valence-corrected chi connectivity index (χ2v) is 11.3. The molecule has 0 saturated carbocycles. The Bertz CT molecular complexity index is 1410. The molecule has 3 aromatic rings. The second kappa shape index (κ2) is 13.9. The number of alkyl carbamates (subject to hydrolysis) is 2. The van der Waals surface area contributed by atoms with Gasteiger partial charge in [0.1, 0.15) is 19.3 Å². The van der Waals surface area contributed by atoms with Gasteiger partial charge in [-0.05, 0) is 54.5 Å². The third kappa shape index (κ3) is 7.38. The zero-order valence-corrected chi connectivity index (χ0v) is 25.1. The summed E-state index contributed by atoms with van der Waals surface area (Å²) in [7, 11) is 1.27. The number of fused-ring (bicyclic) bond motifs is 3. The van der Waals surface area contributed by atoms with Gasteiger partial charge in [-0.25, -0.2) is 14.4 Å². The van der Waals surface area contributed by atoms with Crippen LogP contribution in [0.3, 0.4) is 0 Å². The van der Waals surface area contributed by atoms with E-state index in [1.807, 2.05) is 54.6 Å². The number of benzene rings is 3. The molecule has 0 unspecified atom stereocenters. The van der Waals surface area contributed by atoms with E-state index in [4.69, 9.17) is 23.7 Å². The number of amides is 2. The van der Waals surface area contributed by atoms with Crippen molar-refractivity contribution >= 4 is 18.2 Å². The van der Waals surface area contributed by atoms with E-state index in [2.05, 4.69) is 34.9 Å². The minimum atomic E-state index is -1.08. The molecular formula is C34H38N2O8. The summed E-state index contributed by atoms with van der Waals surface area (Å²) in [6, 6.07) is 24.9. The molecule has 0 spiro atoms. The van der Waals surface area contributed by atoms with Crippen molar-refractivity contribution < 1.29 is 38.1 Å². The van der Waals surface area contributed by atoms with E-state index in [9.17, 15) is 14.4 Å². The number of hydrogen-bond donors (Lipinski definition) is 2. The number of rotatable bonds is 11. The van der Waals surface area contributed by atoms with Crippen molar-refractivity contribution in [3.63, 3.8) is 0 Å². The van der Waals surface area contributed by atoms with Gasteiger partial charge in [0.25, 0.3) is 0 Å². The summed E-state index contributed by atoms with van der Waals surface area (Å²) in [6.07, 6.45) is -2.31. The lowest BCUT2D eigenvalue weighted by Gasteiger charge is -2.27. The van der Waals surface area contributed by atoms with Gasteiger partial charge in [-0.2, -0.15) is 0 Å². The first-order valence-electron chi connectivity index (χ1n) is 14.8. The SMILES string of the molecule is COC(=O)[C@@H]1OC(C)(C)O[C@@H]1[C@H](CCCNC(=O)OCc1ccccc1)NC(=O)OCC1c2ccccc2-c2ccccc21. The molecule has 1 aliphatic heterocycles. The van der Waals surface area contributed by atoms with Crippen LogP contribution in [0.2, 0.25) is 0 Å². The van der Waals surface area contributed by atoms with Gasteiger partial charge in [0, 0.05) is 12.5 Å². The molecular weight excluding hydrogens is 564 g/mol. The van der Waals surface area contributed by atoms with E-state index in [0.29, 0.717) is 12.8 Å². The zero-order chi connectivity index (χ0) is 31.1. The number of nitrogens with one attached hydrogen (secondary N) is 2. The Morgan fingerprint density at radius 1 is 0.841 bits per heavy atom. The first-order valence-corrected chi connectivity index (χ1v) is 14.8. The van der Waals surface area contributed by atoms with Gasteiger partial charge in [-0.1, -0.05) is 78.9 Å². The number of methoxy groups -OCH3 is 1. The predicted molar refractivity (Wildman–Crippen MR) is 162 cm³/mol. The molecule has 232 valence electrons. The predicted octanol–water partition coefficient (Wildman–Crippen LogP) is 5.29. The summed E-state index contributed by atoms with van der Waals surface area (Å²) >= 11 is 0. The van der Waals surface area contributed by atoms with E-state index in [-0.39, 0.29) is 25.7 Å². The molecule has 2 amide bonds. The molecule has 2 N–H and O–H groups in total. The van der Waals surface area contributed by atoms with Crippen LogP contribution in [-0.2, 0) is 35.1 Å². The van der Waals surface area contributed by atoms with Crippen molar-refractivity contribution in [2.45, 2.75) is 63.3 Å². The highest BCUT2D eigenvalue weighted by atomic mass is 16.8. The molecule has 44 heavy (non-hydrogen) atoms. The molecule has 0 radical (unpaired) electrons. The summed E-state index contributed by atoms with van der Waals surface area (Å²) in [4.78, 5) is 38.0. The van der Waals surface area contributed by atoms with Crippen LogP contribution in [0.4, 0.5) is 9.59 Å². The Kier molecular flexibility index (Phi) is 9.82. The van der Waals surface area contributed by atoms with Crippen LogP contribution in [0.5, 0.6) is 0 Å². The van der Waals surface area contributed by atoms with E-state index in [1.165, 1.54) is 7.11 Å². The summed E-state index contributed by atoms with van der Waals surface area (Å²) < 4.78 is 27.9. The summed E-state index contributed by atoms with van der Waals surface area (Å²) in [5, 5.41) is 5.62. The van der Waals surface area contributed by atoms with E-state index >= 15 is 0 Å². The monoisotopic (exact) mass is 602 g/mol. The van der Waals surface area contributed by atoms with Crippen molar-refractivity contribution in [2.75, 3.05) is 20.3 Å².